The van der Waals surface area contributed by atoms with Gasteiger partial charge in [0, 0.05) is 12.1 Å². The lowest BCUT2D eigenvalue weighted by Gasteiger charge is -2.10. The van der Waals surface area contributed by atoms with Crippen molar-refractivity contribution in [3.8, 4) is 0 Å². The van der Waals surface area contributed by atoms with Crippen LogP contribution in [0.2, 0.25) is 0 Å². The summed E-state index contributed by atoms with van der Waals surface area (Å²) in [6, 6.07) is 7.78. The summed E-state index contributed by atoms with van der Waals surface area (Å²) in [6.07, 6.45) is 6.95. The van der Waals surface area contributed by atoms with Crippen LogP contribution >= 0.6 is 0 Å². The van der Waals surface area contributed by atoms with Crippen LogP contribution in [0.3, 0.4) is 0 Å². The third-order valence-corrected chi connectivity index (χ3v) is 3.89. The van der Waals surface area contributed by atoms with Crippen LogP contribution in [0.15, 0.2) is 29.4 Å². The first kappa shape index (κ1) is 13.9. The maximum Gasteiger partial charge on any atom is 0.170 e. The van der Waals surface area contributed by atoms with Crippen molar-refractivity contribution in [2.45, 2.75) is 38.6 Å². The second-order valence-electron chi connectivity index (χ2n) is 5.30. The van der Waals surface area contributed by atoms with Crippen LogP contribution in [-0.4, -0.2) is 17.6 Å². The Morgan fingerprint density at radius 3 is 2.58 bits per heavy atom. The van der Waals surface area contributed by atoms with E-state index in [1.807, 2.05) is 24.3 Å². The van der Waals surface area contributed by atoms with Gasteiger partial charge in [0.25, 0.3) is 0 Å². The van der Waals surface area contributed by atoms with Crippen LogP contribution in [-0.2, 0) is 6.54 Å². The average molecular weight is 261 g/mol. The van der Waals surface area contributed by atoms with Crippen molar-refractivity contribution in [3.63, 3.8) is 0 Å². The Morgan fingerprint density at radius 2 is 1.95 bits per heavy atom. The molecule has 0 spiro atoms. The van der Waals surface area contributed by atoms with Crippen molar-refractivity contribution in [3.05, 3.63) is 35.4 Å². The molecule has 0 amide bonds. The third-order valence-electron chi connectivity index (χ3n) is 3.89. The van der Waals surface area contributed by atoms with Gasteiger partial charge in [-0.2, -0.15) is 0 Å². The summed E-state index contributed by atoms with van der Waals surface area (Å²) in [4.78, 5) is 0. The zero-order valence-corrected chi connectivity index (χ0v) is 11.3. The zero-order chi connectivity index (χ0) is 13.5. The normalized spacial score (nSPS) is 16.9. The SMILES string of the molecule is NC(=NO)c1ccc(CNCCC2CCCC2)cc1. The van der Waals surface area contributed by atoms with E-state index in [0.717, 1.165) is 24.6 Å². The first-order valence-corrected chi connectivity index (χ1v) is 7.07. The molecule has 104 valence electrons. The Kier molecular flexibility index (Phi) is 5.21. The molecule has 0 heterocycles. The molecule has 1 saturated carbocycles. The van der Waals surface area contributed by atoms with Crippen LogP contribution in [0.25, 0.3) is 0 Å². The molecule has 1 aliphatic carbocycles. The highest BCUT2D eigenvalue weighted by atomic mass is 16.4. The number of hydrogen-bond acceptors (Lipinski definition) is 3. The monoisotopic (exact) mass is 261 g/mol. The molecule has 0 radical (unpaired) electrons. The number of rotatable bonds is 6. The quantitative estimate of drug-likeness (QED) is 0.242. The van der Waals surface area contributed by atoms with Crippen LogP contribution in [0, 0.1) is 5.92 Å². The van der Waals surface area contributed by atoms with Crippen LogP contribution in [0.1, 0.15) is 43.2 Å². The number of nitrogens with one attached hydrogen (secondary N) is 1. The van der Waals surface area contributed by atoms with Gasteiger partial charge in [-0.25, -0.2) is 0 Å². The van der Waals surface area contributed by atoms with Crippen molar-refractivity contribution in [1.29, 1.82) is 0 Å². The van der Waals surface area contributed by atoms with Crippen LogP contribution < -0.4 is 11.1 Å². The molecule has 0 atom stereocenters. The smallest absolute Gasteiger partial charge is 0.170 e. The Bertz CT molecular complexity index is 408. The van der Waals surface area contributed by atoms with Crippen molar-refractivity contribution in [2.24, 2.45) is 16.8 Å². The topological polar surface area (TPSA) is 70.6 Å². The second-order valence-corrected chi connectivity index (χ2v) is 5.30. The van der Waals surface area contributed by atoms with E-state index < -0.39 is 0 Å². The lowest BCUT2D eigenvalue weighted by atomic mass is 10.0. The van der Waals surface area contributed by atoms with E-state index in [9.17, 15) is 0 Å². The Morgan fingerprint density at radius 1 is 1.26 bits per heavy atom. The predicted octanol–water partition coefficient (Wildman–Crippen LogP) is 2.45. The molecule has 1 fully saturated rings. The van der Waals surface area contributed by atoms with Gasteiger partial charge >= 0.3 is 0 Å². The van der Waals surface area contributed by atoms with Gasteiger partial charge in [-0.15, -0.1) is 0 Å². The summed E-state index contributed by atoms with van der Waals surface area (Å²) in [5, 5.41) is 15.1. The van der Waals surface area contributed by atoms with Crippen molar-refractivity contribution >= 4 is 5.84 Å². The van der Waals surface area contributed by atoms with Gasteiger partial charge in [0.2, 0.25) is 0 Å². The first-order chi connectivity index (χ1) is 9.29. The van der Waals surface area contributed by atoms with Gasteiger partial charge in [-0.05, 0) is 24.4 Å². The number of benzene rings is 1. The van der Waals surface area contributed by atoms with Crippen LogP contribution in [0.4, 0.5) is 0 Å². The Labute approximate surface area is 114 Å². The third kappa shape index (κ3) is 4.24. The molecule has 19 heavy (non-hydrogen) atoms. The Hall–Kier alpha value is -1.55. The maximum atomic E-state index is 8.59. The van der Waals surface area contributed by atoms with Crippen molar-refractivity contribution in [1.82, 2.24) is 5.32 Å². The number of nitrogens with two attached hydrogens (primary N) is 1. The molecular formula is C15H23N3O. The van der Waals surface area contributed by atoms with Gasteiger partial charge in [-0.3, -0.25) is 0 Å². The van der Waals surface area contributed by atoms with E-state index in [1.54, 1.807) is 0 Å². The number of hydrogen-bond donors (Lipinski definition) is 3. The molecule has 4 N–H and O–H groups in total. The minimum absolute atomic E-state index is 0.153. The highest BCUT2D eigenvalue weighted by Crippen LogP contribution is 2.26. The number of oxime groups is 1. The lowest BCUT2D eigenvalue weighted by Crippen LogP contribution is -2.17. The number of nitrogens with zero attached hydrogens (tertiary/aromatic N) is 1. The van der Waals surface area contributed by atoms with Crippen molar-refractivity contribution in [2.75, 3.05) is 6.54 Å². The fourth-order valence-corrected chi connectivity index (χ4v) is 2.69. The summed E-state index contributed by atoms with van der Waals surface area (Å²) >= 11 is 0. The molecule has 4 nitrogen and oxygen atoms in total. The van der Waals surface area contributed by atoms with Gasteiger partial charge in [-0.1, -0.05) is 55.1 Å². The summed E-state index contributed by atoms with van der Waals surface area (Å²) in [7, 11) is 0. The zero-order valence-electron chi connectivity index (χ0n) is 11.3. The van der Waals surface area contributed by atoms with Gasteiger partial charge in [0.15, 0.2) is 5.84 Å². The second kappa shape index (κ2) is 7.14. The molecular weight excluding hydrogens is 238 g/mol. The van der Waals surface area contributed by atoms with E-state index >= 15 is 0 Å². The van der Waals surface area contributed by atoms with Gasteiger partial charge in [0.1, 0.15) is 0 Å². The minimum Gasteiger partial charge on any atom is -0.409 e. The fourth-order valence-electron chi connectivity index (χ4n) is 2.69. The molecule has 0 aliphatic heterocycles. The molecule has 0 aromatic heterocycles. The molecule has 4 heteroatoms. The first-order valence-electron chi connectivity index (χ1n) is 7.07. The standard InChI is InChI=1S/C15H23N3O/c16-15(18-19)14-7-5-13(6-8-14)11-17-10-9-12-3-1-2-4-12/h5-8,12,17,19H,1-4,9-11H2,(H2,16,18). The molecule has 0 bridgehead atoms. The summed E-state index contributed by atoms with van der Waals surface area (Å²) in [6.45, 7) is 1.97. The minimum atomic E-state index is 0.153. The van der Waals surface area contributed by atoms with Crippen LogP contribution in [0.5, 0.6) is 0 Å². The molecule has 0 saturated heterocycles. The highest BCUT2D eigenvalue weighted by molar-refractivity contribution is 5.96. The molecule has 0 unspecified atom stereocenters. The Balaban J connectivity index is 1.70. The fraction of sp³-hybridized carbons (Fsp3) is 0.533. The van der Waals surface area contributed by atoms with E-state index in [4.69, 9.17) is 10.9 Å². The molecule has 1 aromatic carbocycles. The summed E-state index contributed by atoms with van der Waals surface area (Å²) in [5.41, 5.74) is 7.49. The van der Waals surface area contributed by atoms with E-state index in [0.29, 0.717) is 0 Å². The predicted molar refractivity (Wildman–Crippen MR) is 77.2 cm³/mol. The highest BCUT2D eigenvalue weighted by Gasteiger charge is 2.13. The molecule has 2 rings (SSSR count). The number of amidine groups is 1. The van der Waals surface area contributed by atoms with Gasteiger partial charge in [0.05, 0.1) is 0 Å². The van der Waals surface area contributed by atoms with E-state index in [1.165, 1.54) is 37.7 Å². The average Bonchev–Trinajstić information content (AvgIpc) is 2.96. The molecule has 1 aromatic rings. The molecule has 1 aliphatic rings. The van der Waals surface area contributed by atoms with E-state index in [-0.39, 0.29) is 5.84 Å². The largest absolute Gasteiger partial charge is 0.409 e. The maximum absolute atomic E-state index is 8.59. The summed E-state index contributed by atoms with van der Waals surface area (Å²) in [5.74, 6) is 1.09. The lowest BCUT2D eigenvalue weighted by molar-refractivity contribution is 0.318. The van der Waals surface area contributed by atoms with Crippen molar-refractivity contribution < 1.29 is 5.21 Å². The van der Waals surface area contributed by atoms with E-state index in [2.05, 4.69) is 10.5 Å². The summed E-state index contributed by atoms with van der Waals surface area (Å²) < 4.78 is 0. The van der Waals surface area contributed by atoms with Gasteiger partial charge < -0.3 is 16.3 Å².